The molecule has 0 aliphatic carbocycles. The second kappa shape index (κ2) is 6.97. The van der Waals surface area contributed by atoms with E-state index in [0.29, 0.717) is 6.61 Å². The molecule has 0 saturated carbocycles. The van der Waals surface area contributed by atoms with Crippen molar-refractivity contribution in [2.24, 2.45) is 0 Å². The molecule has 4 heteroatoms. The van der Waals surface area contributed by atoms with Gasteiger partial charge in [0.05, 0.1) is 12.2 Å². The normalized spacial score (nSPS) is 17.3. The number of rotatable bonds is 4. The van der Waals surface area contributed by atoms with Crippen molar-refractivity contribution in [3.8, 4) is 0 Å². The molecule has 1 aromatic carbocycles. The summed E-state index contributed by atoms with van der Waals surface area (Å²) < 4.78 is 11.5. The van der Waals surface area contributed by atoms with Gasteiger partial charge in [0.15, 0.2) is 6.23 Å². The summed E-state index contributed by atoms with van der Waals surface area (Å²) in [6.07, 6.45) is 4.69. The van der Waals surface area contributed by atoms with Crippen LogP contribution in [0.1, 0.15) is 57.9 Å². The molecule has 2 rings (SSSR count). The molecule has 1 unspecified atom stereocenters. The highest BCUT2D eigenvalue weighted by atomic mass is 16.6. The Morgan fingerprint density at radius 3 is 2.68 bits per heavy atom. The van der Waals surface area contributed by atoms with Crippen LogP contribution in [0.15, 0.2) is 30.5 Å². The van der Waals surface area contributed by atoms with Crippen LogP contribution in [0, 0.1) is 0 Å². The minimum atomic E-state index is -0.463. The Labute approximate surface area is 132 Å². The Hall–Kier alpha value is -1.81. The zero-order valence-corrected chi connectivity index (χ0v) is 13.8. The van der Waals surface area contributed by atoms with E-state index < -0.39 is 6.23 Å². The minimum Gasteiger partial charge on any atom is -0.449 e. The molecule has 1 heterocycles. The van der Waals surface area contributed by atoms with Gasteiger partial charge >= 0.3 is 6.09 Å². The summed E-state index contributed by atoms with van der Waals surface area (Å²) >= 11 is 0. The summed E-state index contributed by atoms with van der Waals surface area (Å²) in [5.41, 5.74) is 1.67. The van der Waals surface area contributed by atoms with E-state index >= 15 is 0 Å². The number of fused-ring (bicyclic) bond motifs is 1. The third-order valence-corrected chi connectivity index (χ3v) is 3.33. The fraction of sp³-hybridized carbons (Fsp3) is 0.500. The van der Waals surface area contributed by atoms with Crippen molar-refractivity contribution in [2.45, 2.75) is 52.4 Å². The Morgan fingerprint density at radius 1 is 1.27 bits per heavy atom. The fourth-order valence-electron chi connectivity index (χ4n) is 2.27. The molecule has 1 amide bonds. The summed E-state index contributed by atoms with van der Waals surface area (Å²) in [6.45, 7) is 8.44. The number of ether oxygens (including phenoxy) is 2. The molecule has 1 aliphatic rings. The van der Waals surface area contributed by atoms with E-state index in [4.69, 9.17) is 9.47 Å². The number of nitrogens with zero attached hydrogens (tertiary/aromatic N) is 1. The largest absolute Gasteiger partial charge is 0.449 e. The number of amides is 1. The zero-order valence-electron chi connectivity index (χ0n) is 13.8. The van der Waals surface area contributed by atoms with Gasteiger partial charge in [-0.25, -0.2) is 4.79 Å². The van der Waals surface area contributed by atoms with Gasteiger partial charge in [0.25, 0.3) is 0 Å². The van der Waals surface area contributed by atoms with Crippen LogP contribution < -0.4 is 0 Å². The van der Waals surface area contributed by atoms with Gasteiger partial charge < -0.3 is 9.47 Å². The lowest BCUT2D eigenvalue weighted by molar-refractivity contribution is -0.116. The lowest BCUT2D eigenvalue weighted by Crippen LogP contribution is -2.38. The van der Waals surface area contributed by atoms with Gasteiger partial charge in [0.1, 0.15) is 0 Å². The molecule has 1 atom stereocenters. The zero-order chi connectivity index (χ0) is 16.2. The highest BCUT2D eigenvalue weighted by Gasteiger charge is 2.32. The predicted molar refractivity (Wildman–Crippen MR) is 87.2 cm³/mol. The number of carbonyl (C=O) groups excluding carboxylic acids is 1. The van der Waals surface area contributed by atoms with Crippen LogP contribution in [0.2, 0.25) is 0 Å². The summed E-state index contributed by atoms with van der Waals surface area (Å²) in [5, 5.41) is 0. The maximum absolute atomic E-state index is 12.4. The maximum Gasteiger partial charge on any atom is 0.416 e. The molecule has 120 valence electrons. The molecule has 0 spiro atoms. The molecule has 22 heavy (non-hydrogen) atoms. The van der Waals surface area contributed by atoms with Crippen LogP contribution in [0.3, 0.4) is 0 Å². The van der Waals surface area contributed by atoms with Crippen molar-refractivity contribution in [1.29, 1.82) is 0 Å². The van der Waals surface area contributed by atoms with E-state index in [2.05, 4.69) is 6.92 Å². The fourth-order valence-corrected chi connectivity index (χ4v) is 2.27. The Balaban J connectivity index is 2.23. The van der Waals surface area contributed by atoms with Crippen LogP contribution in [0.25, 0.3) is 6.08 Å². The van der Waals surface area contributed by atoms with Crippen LogP contribution in [-0.4, -0.2) is 23.2 Å². The molecule has 0 saturated heterocycles. The van der Waals surface area contributed by atoms with Gasteiger partial charge in [-0.3, -0.25) is 4.90 Å². The third-order valence-electron chi connectivity index (χ3n) is 3.33. The molecule has 1 aliphatic heterocycles. The molecule has 0 bridgehead atoms. The van der Waals surface area contributed by atoms with Gasteiger partial charge in [-0.1, -0.05) is 37.6 Å². The van der Waals surface area contributed by atoms with Crippen molar-refractivity contribution in [1.82, 2.24) is 4.90 Å². The molecule has 0 N–H and O–H groups in total. The SMILES string of the molecule is CCCCOC(=O)N1C=Cc2ccccc2C1OC(C)(C)C. The van der Waals surface area contributed by atoms with Gasteiger partial charge in [0.2, 0.25) is 0 Å². The van der Waals surface area contributed by atoms with E-state index in [0.717, 1.165) is 24.0 Å². The van der Waals surface area contributed by atoms with Crippen LogP contribution in [-0.2, 0) is 9.47 Å². The van der Waals surface area contributed by atoms with E-state index in [-0.39, 0.29) is 11.7 Å². The number of benzene rings is 1. The summed E-state index contributed by atoms with van der Waals surface area (Å²) in [5.74, 6) is 0. The van der Waals surface area contributed by atoms with Crippen molar-refractivity contribution >= 4 is 12.2 Å². The van der Waals surface area contributed by atoms with Crippen molar-refractivity contribution < 1.29 is 14.3 Å². The topological polar surface area (TPSA) is 38.8 Å². The van der Waals surface area contributed by atoms with E-state index in [1.807, 2.05) is 51.1 Å². The van der Waals surface area contributed by atoms with Gasteiger partial charge in [-0.15, -0.1) is 0 Å². The van der Waals surface area contributed by atoms with Crippen LogP contribution >= 0.6 is 0 Å². The number of carbonyl (C=O) groups is 1. The molecule has 0 fully saturated rings. The molecule has 1 aromatic rings. The van der Waals surface area contributed by atoms with Crippen LogP contribution in [0.5, 0.6) is 0 Å². The number of unbranched alkanes of at least 4 members (excludes halogenated alkanes) is 1. The first kappa shape index (κ1) is 16.6. The lowest BCUT2D eigenvalue weighted by Gasteiger charge is -2.36. The van der Waals surface area contributed by atoms with Gasteiger partial charge in [-0.05, 0) is 38.8 Å². The first-order valence-corrected chi connectivity index (χ1v) is 7.82. The predicted octanol–water partition coefficient (Wildman–Crippen LogP) is 4.72. The molecule has 0 radical (unpaired) electrons. The van der Waals surface area contributed by atoms with E-state index in [9.17, 15) is 4.79 Å². The number of hydrogen-bond donors (Lipinski definition) is 0. The second-order valence-corrected chi connectivity index (χ2v) is 6.40. The molecule has 4 nitrogen and oxygen atoms in total. The Morgan fingerprint density at radius 2 is 2.00 bits per heavy atom. The maximum atomic E-state index is 12.4. The monoisotopic (exact) mass is 303 g/mol. The second-order valence-electron chi connectivity index (χ2n) is 6.40. The summed E-state index contributed by atoms with van der Waals surface area (Å²) in [4.78, 5) is 13.9. The minimum absolute atomic E-state index is 0.367. The van der Waals surface area contributed by atoms with Crippen molar-refractivity contribution in [2.75, 3.05) is 6.61 Å². The number of hydrogen-bond acceptors (Lipinski definition) is 3. The highest BCUT2D eigenvalue weighted by Crippen LogP contribution is 2.34. The molecular weight excluding hydrogens is 278 g/mol. The lowest BCUT2D eigenvalue weighted by atomic mass is 10.0. The first-order chi connectivity index (χ1) is 10.4. The van der Waals surface area contributed by atoms with Crippen LogP contribution in [0.4, 0.5) is 4.79 Å². The van der Waals surface area contributed by atoms with E-state index in [1.165, 1.54) is 4.90 Å². The summed E-state index contributed by atoms with van der Waals surface area (Å²) in [7, 11) is 0. The highest BCUT2D eigenvalue weighted by molar-refractivity contribution is 5.73. The standard InChI is InChI=1S/C18H25NO3/c1-5-6-13-21-17(20)19-12-11-14-9-7-8-10-15(14)16(19)22-18(2,3)4/h7-12,16H,5-6,13H2,1-4H3. The summed E-state index contributed by atoms with van der Waals surface area (Å²) in [6, 6.07) is 7.94. The quantitative estimate of drug-likeness (QED) is 0.755. The van der Waals surface area contributed by atoms with Crippen molar-refractivity contribution in [3.05, 3.63) is 41.6 Å². The Kier molecular flexibility index (Phi) is 5.24. The molecule has 0 aromatic heterocycles. The average Bonchev–Trinajstić information content (AvgIpc) is 2.46. The average molecular weight is 303 g/mol. The van der Waals surface area contributed by atoms with Crippen molar-refractivity contribution in [3.63, 3.8) is 0 Å². The third kappa shape index (κ3) is 4.10. The first-order valence-electron chi connectivity index (χ1n) is 7.82. The molecular formula is C18H25NO3. The van der Waals surface area contributed by atoms with E-state index in [1.54, 1.807) is 6.20 Å². The van der Waals surface area contributed by atoms with Gasteiger partial charge in [-0.2, -0.15) is 0 Å². The van der Waals surface area contributed by atoms with Gasteiger partial charge in [0, 0.05) is 11.8 Å². The Bertz CT molecular complexity index is 546. The smallest absolute Gasteiger partial charge is 0.416 e.